The van der Waals surface area contributed by atoms with Gasteiger partial charge in [-0.2, -0.15) is 5.10 Å². The Morgan fingerprint density at radius 2 is 1.97 bits per heavy atom. The number of carbonyl (C=O) groups is 1. The van der Waals surface area contributed by atoms with E-state index in [1.807, 2.05) is 20.8 Å². The van der Waals surface area contributed by atoms with Crippen LogP contribution >= 0.6 is 0 Å². The van der Waals surface area contributed by atoms with Gasteiger partial charge in [0.2, 0.25) is 5.96 Å². The fraction of sp³-hybridized carbons (Fsp3) is 0.273. The van der Waals surface area contributed by atoms with Crippen molar-refractivity contribution in [2.45, 2.75) is 39.7 Å². The number of halogens is 1. The van der Waals surface area contributed by atoms with E-state index in [-0.39, 0.29) is 17.8 Å². The zero-order chi connectivity index (χ0) is 21.5. The predicted octanol–water partition coefficient (Wildman–Crippen LogP) is 4.17. The smallest absolute Gasteiger partial charge is 0.258 e. The average Bonchev–Trinajstić information content (AvgIpc) is 3.22. The van der Waals surface area contributed by atoms with Crippen molar-refractivity contribution in [2.75, 3.05) is 5.32 Å². The molecule has 1 atom stereocenters. The van der Waals surface area contributed by atoms with Crippen molar-refractivity contribution >= 4 is 17.7 Å². The summed E-state index contributed by atoms with van der Waals surface area (Å²) in [6, 6.07) is 11.3. The van der Waals surface area contributed by atoms with Gasteiger partial charge in [-0.15, -0.1) is 0 Å². The summed E-state index contributed by atoms with van der Waals surface area (Å²) >= 11 is 0. The average molecular weight is 408 g/mol. The summed E-state index contributed by atoms with van der Waals surface area (Å²) in [6.07, 6.45) is 3.18. The Morgan fingerprint density at radius 3 is 2.67 bits per heavy atom. The first-order valence-electron chi connectivity index (χ1n) is 9.91. The second kappa shape index (κ2) is 9.78. The Labute approximate surface area is 174 Å². The lowest BCUT2D eigenvalue weighted by Crippen LogP contribution is -2.37. The molecule has 0 aliphatic carbocycles. The number of nitrogens with one attached hydrogen (secondary N) is 3. The van der Waals surface area contributed by atoms with E-state index in [0.29, 0.717) is 23.0 Å². The molecule has 0 bridgehead atoms. The van der Waals surface area contributed by atoms with Gasteiger partial charge in [0.05, 0.1) is 11.7 Å². The second-order valence-electron chi connectivity index (χ2n) is 6.88. The first-order valence-corrected chi connectivity index (χ1v) is 9.91. The summed E-state index contributed by atoms with van der Waals surface area (Å²) in [5, 5.41) is 13.0. The van der Waals surface area contributed by atoms with Gasteiger partial charge in [-0.05, 0) is 61.7 Å². The molecule has 3 rings (SSSR count). The number of hydrogen-bond donors (Lipinski definition) is 3. The number of aliphatic imine (C=N–C) groups is 1. The Bertz CT molecular complexity index is 1030. The number of H-pyrrole nitrogens is 1. The summed E-state index contributed by atoms with van der Waals surface area (Å²) in [5.74, 6) is 0.211. The topological polar surface area (TPSA) is 95.1 Å². The van der Waals surface area contributed by atoms with Gasteiger partial charge >= 0.3 is 0 Å². The number of rotatable bonds is 6. The van der Waals surface area contributed by atoms with Crippen molar-refractivity contribution in [3.05, 3.63) is 65.7 Å². The fourth-order valence-electron chi connectivity index (χ4n) is 2.68. The number of hydrogen-bond acceptors (Lipinski definition) is 4. The number of benzene rings is 1. The Morgan fingerprint density at radius 1 is 1.20 bits per heavy atom. The minimum Gasteiger partial charge on any atom is -0.309 e. The van der Waals surface area contributed by atoms with Crippen molar-refractivity contribution in [1.82, 2.24) is 20.5 Å². The van der Waals surface area contributed by atoms with Crippen LogP contribution in [0.2, 0.25) is 0 Å². The largest absolute Gasteiger partial charge is 0.309 e. The molecule has 1 unspecified atom stereocenters. The van der Waals surface area contributed by atoms with Crippen LogP contribution in [0.25, 0.3) is 11.3 Å². The summed E-state index contributed by atoms with van der Waals surface area (Å²) in [7, 11) is 0. The molecule has 3 aromatic rings. The second-order valence-corrected chi connectivity index (χ2v) is 6.88. The lowest BCUT2D eigenvalue weighted by Gasteiger charge is -2.12. The molecule has 0 fully saturated rings. The van der Waals surface area contributed by atoms with E-state index in [1.54, 1.807) is 36.5 Å². The molecule has 1 amide bonds. The normalized spacial score (nSPS) is 12.5. The van der Waals surface area contributed by atoms with Gasteiger partial charge in [0.15, 0.2) is 5.82 Å². The quantitative estimate of drug-likeness (QED) is 0.421. The van der Waals surface area contributed by atoms with Crippen LogP contribution in [0.15, 0.2) is 53.7 Å². The van der Waals surface area contributed by atoms with Crippen LogP contribution in [0.3, 0.4) is 0 Å². The molecule has 0 radical (unpaired) electrons. The number of aromatic nitrogens is 3. The molecule has 8 heteroatoms. The highest BCUT2D eigenvalue weighted by Crippen LogP contribution is 2.20. The maximum absolute atomic E-state index is 13.1. The van der Waals surface area contributed by atoms with Gasteiger partial charge in [0.25, 0.3) is 5.91 Å². The van der Waals surface area contributed by atoms with Gasteiger partial charge in [-0.3, -0.25) is 20.2 Å². The number of aromatic amines is 1. The van der Waals surface area contributed by atoms with E-state index in [0.717, 1.165) is 24.1 Å². The molecule has 0 aliphatic rings. The Hall–Kier alpha value is -3.55. The van der Waals surface area contributed by atoms with Gasteiger partial charge in [-0.1, -0.05) is 13.8 Å². The van der Waals surface area contributed by atoms with E-state index < -0.39 is 0 Å². The van der Waals surface area contributed by atoms with Crippen molar-refractivity contribution in [3.63, 3.8) is 0 Å². The van der Waals surface area contributed by atoms with Crippen LogP contribution < -0.4 is 10.6 Å². The molecule has 0 aliphatic heterocycles. The first kappa shape index (κ1) is 21.2. The first-order chi connectivity index (χ1) is 14.5. The molecule has 0 saturated heterocycles. The summed E-state index contributed by atoms with van der Waals surface area (Å²) in [6.45, 7) is 5.97. The molecule has 3 N–H and O–H groups in total. The standard InChI is InChI=1S/C22H25FN6O/c1-4-14(3)25-22(27-21(30)16-10-11-24-18(5-2)12-16)26-20-13-19(28-29-20)15-6-8-17(23)9-7-15/h6-14H,4-5H2,1-3H3,(H3,25,26,27,28,29,30). The molecule has 7 nitrogen and oxygen atoms in total. The highest BCUT2D eigenvalue weighted by molar-refractivity contribution is 6.09. The van der Waals surface area contributed by atoms with Gasteiger partial charge in [0.1, 0.15) is 5.82 Å². The molecular formula is C22H25FN6O. The van der Waals surface area contributed by atoms with Crippen molar-refractivity contribution in [2.24, 2.45) is 4.99 Å². The van der Waals surface area contributed by atoms with E-state index in [4.69, 9.17) is 0 Å². The van der Waals surface area contributed by atoms with Crippen LogP contribution in [0.4, 0.5) is 10.2 Å². The minimum absolute atomic E-state index is 0.00644. The lowest BCUT2D eigenvalue weighted by atomic mass is 10.1. The minimum atomic E-state index is -0.301. The van der Waals surface area contributed by atoms with E-state index in [9.17, 15) is 9.18 Å². The van der Waals surface area contributed by atoms with Crippen LogP contribution in [-0.2, 0) is 6.42 Å². The van der Waals surface area contributed by atoms with Crippen LogP contribution in [-0.4, -0.2) is 33.1 Å². The molecule has 1 aromatic carbocycles. The Kier molecular flexibility index (Phi) is 6.90. The number of guanidine groups is 1. The molecular weight excluding hydrogens is 383 g/mol. The molecule has 0 spiro atoms. The third kappa shape index (κ3) is 5.50. The Balaban J connectivity index is 1.78. The van der Waals surface area contributed by atoms with Crippen LogP contribution in [0.1, 0.15) is 43.2 Å². The van der Waals surface area contributed by atoms with E-state index in [1.165, 1.54) is 12.1 Å². The number of aryl methyl sites for hydroxylation is 1. The number of pyridine rings is 1. The zero-order valence-corrected chi connectivity index (χ0v) is 17.2. The van der Waals surface area contributed by atoms with E-state index >= 15 is 0 Å². The maximum Gasteiger partial charge on any atom is 0.258 e. The molecule has 2 aromatic heterocycles. The van der Waals surface area contributed by atoms with Crippen molar-refractivity contribution in [3.8, 4) is 11.3 Å². The number of carbonyl (C=O) groups excluding carboxylic acids is 1. The zero-order valence-electron chi connectivity index (χ0n) is 17.2. The van der Waals surface area contributed by atoms with Gasteiger partial charge in [-0.25, -0.2) is 9.38 Å². The third-order valence-electron chi connectivity index (χ3n) is 4.59. The monoisotopic (exact) mass is 408 g/mol. The number of amides is 1. The summed E-state index contributed by atoms with van der Waals surface area (Å²) < 4.78 is 13.1. The number of nitrogens with zero attached hydrogens (tertiary/aromatic N) is 3. The van der Waals surface area contributed by atoms with Crippen LogP contribution in [0.5, 0.6) is 0 Å². The SMILES string of the molecule is CCc1cc(C(=O)NC(=NC(C)CC)Nc2cc(-c3ccc(F)cc3)[nH]n2)ccn1. The van der Waals surface area contributed by atoms with Crippen molar-refractivity contribution in [1.29, 1.82) is 0 Å². The van der Waals surface area contributed by atoms with Crippen LogP contribution in [0, 0.1) is 5.82 Å². The molecule has 2 heterocycles. The lowest BCUT2D eigenvalue weighted by molar-refractivity contribution is 0.0976. The predicted molar refractivity (Wildman–Crippen MR) is 116 cm³/mol. The third-order valence-corrected chi connectivity index (χ3v) is 4.59. The van der Waals surface area contributed by atoms with E-state index in [2.05, 4.69) is 30.8 Å². The number of anilines is 1. The molecule has 30 heavy (non-hydrogen) atoms. The van der Waals surface area contributed by atoms with Crippen molar-refractivity contribution < 1.29 is 9.18 Å². The molecule has 0 saturated carbocycles. The highest BCUT2D eigenvalue weighted by Gasteiger charge is 2.13. The van der Waals surface area contributed by atoms with Gasteiger partial charge < -0.3 is 5.32 Å². The highest BCUT2D eigenvalue weighted by atomic mass is 19.1. The summed E-state index contributed by atoms with van der Waals surface area (Å²) in [4.78, 5) is 21.5. The fourth-order valence-corrected chi connectivity index (χ4v) is 2.68. The van der Waals surface area contributed by atoms with Gasteiger partial charge in [0, 0.05) is 23.5 Å². The molecule has 156 valence electrons. The summed E-state index contributed by atoms with van der Waals surface area (Å²) in [5.41, 5.74) is 2.86. The maximum atomic E-state index is 13.1.